The van der Waals surface area contributed by atoms with Crippen LogP contribution in [0, 0.1) is 0 Å². The van der Waals surface area contributed by atoms with Gasteiger partial charge in [-0.1, -0.05) is 11.6 Å². The van der Waals surface area contributed by atoms with Crippen molar-refractivity contribution in [3.8, 4) is 0 Å². The Kier molecular flexibility index (Phi) is 1.46. The molecule has 0 aliphatic heterocycles. The molecule has 2 N–H and O–H groups in total. The van der Waals surface area contributed by atoms with Crippen LogP contribution in [-0.4, -0.2) is 10.2 Å². The Labute approximate surface area is 69.6 Å². The average molecular weight is 170 g/mol. The molecule has 1 saturated carbocycles. The van der Waals surface area contributed by atoms with Gasteiger partial charge in [0.15, 0.2) is 5.15 Å². The summed E-state index contributed by atoms with van der Waals surface area (Å²) in [6.07, 6.45) is 2.40. The Hall–Kier alpha value is -0.830. The smallest absolute Gasteiger partial charge is 0.155 e. The highest BCUT2D eigenvalue weighted by Gasteiger charge is 2.26. The van der Waals surface area contributed by atoms with Crippen LogP contribution in [0.25, 0.3) is 0 Å². The summed E-state index contributed by atoms with van der Waals surface area (Å²) >= 11 is 5.80. The van der Waals surface area contributed by atoms with Gasteiger partial charge in [0.05, 0.1) is 0 Å². The molecule has 3 nitrogen and oxygen atoms in total. The molecular weight excluding hydrogens is 162 g/mol. The van der Waals surface area contributed by atoms with Crippen LogP contribution in [0.5, 0.6) is 0 Å². The fourth-order valence-corrected chi connectivity index (χ4v) is 1.33. The van der Waals surface area contributed by atoms with Gasteiger partial charge in [0.2, 0.25) is 0 Å². The number of nitrogens with two attached hydrogens (primary N) is 1. The first-order valence-corrected chi connectivity index (χ1v) is 3.94. The van der Waals surface area contributed by atoms with Gasteiger partial charge in [-0.25, -0.2) is 0 Å². The number of hydrogen-bond donors (Lipinski definition) is 1. The van der Waals surface area contributed by atoms with Crippen molar-refractivity contribution in [1.29, 1.82) is 0 Å². The van der Waals surface area contributed by atoms with Gasteiger partial charge in [-0.05, 0) is 30.4 Å². The third kappa shape index (κ3) is 1.28. The van der Waals surface area contributed by atoms with Gasteiger partial charge < -0.3 is 5.73 Å². The predicted molar refractivity (Wildman–Crippen MR) is 43.4 cm³/mol. The maximum atomic E-state index is 5.80. The SMILES string of the molecule is Nc1cc(C2CC2)c(Cl)nn1. The second-order valence-corrected chi connectivity index (χ2v) is 3.15. The van der Waals surface area contributed by atoms with E-state index < -0.39 is 0 Å². The summed E-state index contributed by atoms with van der Waals surface area (Å²) in [5.74, 6) is 1.04. The third-order valence-electron chi connectivity index (χ3n) is 1.81. The molecule has 11 heavy (non-hydrogen) atoms. The summed E-state index contributed by atoms with van der Waals surface area (Å²) < 4.78 is 0. The zero-order valence-electron chi connectivity index (χ0n) is 5.92. The van der Waals surface area contributed by atoms with E-state index in [2.05, 4.69) is 10.2 Å². The van der Waals surface area contributed by atoms with Crippen LogP contribution in [0.15, 0.2) is 6.07 Å². The zero-order valence-corrected chi connectivity index (χ0v) is 6.67. The maximum absolute atomic E-state index is 5.80. The molecule has 1 aliphatic rings. The van der Waals surface area contributed by atoms with E-state index in [0.717, 1.165) is 5.56 Å². The minimum absolute atomic E-state index is 0.455. The van der Waals surface area contributed by atoms with Crippen LogP contribution < -0.4 is 5.73 Å². The number of aromatic nitrogens is 2. The van der Waals surface area contributed by atoms with Crippen molar-refractivity contribution >= 4 is 17.4 Å². The second-order valence-electron chi connectivity index (χ2n) is 2.79. The van der Waals surface area contributed by atoms with Crippen LogP contribution >= 0.6 is 11.6 Å². The summed E-state index contributed by atoms with van der Waals surface area (Å²) in [6.45, 7) is 0. The number of rotatable bonds is 1. The standard InChI is InChI=1S/C7H8ClN3/c8-7-5(4-1-2-4)3-6(9)10-11-7/h3-4H,1-2H2,(H2,9,10). The number of nitrogen functional groups attached to an aromatic ring is 1. The van der Waals surface area contributed by atoms with Crippen molar-refractivity contribution in [2.24, 2.45) is 0 Å². The molecule has 0 aromatic carbocycles. The normalized spacial score (nSPS) is 16.8. The molecule has 0 unspecified atom stereocenters. The first kappa shape index (κ1) is 6.85. The second kappa shape index (κ2) is 2.34. The molecule has 0 atom stereocenters. The molecule has 0 bridgehead atoms. The van der Waals surface area contributed by atoms with Gasteiger partial charge in [0, 0.05) is 0 Å². The highest BCUT2D eigenvalue weighted by atomic mass is 35.5. The summed E-state index contributed by atoms with van der Waals surface area (Å²) in [7, 11) is 0. The van der Waals surface area contributed by atoms with Gasteiger partial charge in [-0.3, -0.25) is 0 Å². The van der Waals surface area contributed by atoms with E-state index in [4.69, 9.17) is 17.3 Å². The highest BCUT2D eigenvalue weighted by molar-refractivity contribution is 6.30. The van der Waals surface area contributed by atoms with E-state index in [0.29, 0.717) is 16.9 Å². The molecule has 1 heterocycles. The summed E-state index contributed by atoms with van der Waals surface area (Å²) in [6, 6.07) is 1.81. The maximum Gasteiger partial charge on any atom is 0.155 e. The van der Waals surface area contributed by atoms with Gasteiger partial charge in [0.1, 0.15) is 5.82 Å². The highest BCUT2D eigenvalue weighted by Crippen LogP contribution is 2.42. The van der Waals surface area contributed by atoms with Crippen LogP contribution in [0.3, 0.4) is 0 Å². The Balaban J connectivity index is 2.42. The molecule has 2 rings (SSSR count). The van der Waals surface area contributed by atoms with Gasteiger partial charge in [-0.15, -0.1) is 10.2 Å². The van der Waals surface area contributed by atoms with E-state index in [1.165, 1.54) is 12.8 Å². The molecular formula is C7H8ClN3. The first-order valence-electron chi connectivity index (χ1n) is 3.56. The van der Waals surface area contributed by atoms with E-state index in [1.807, 2.05) is 6.07 Å². The quantitative estimate of drug-likeness (QED) is 0.695. The summed E-state index contributed by atoms with van der Waals surface area (Å²) in [5.41, 5.74) is 6.52. The Morgan fingerprint density at radius 1 is 1.45 bits per heavy atom. The van der Waals surface area contributed by atoms with Crippen molar-refractivity contribution in [2.75, 3.05) is 5.73 Å². The summed E-state index contributed by atoms with van der Waals surface area (Å²) in [5, 5.41) is 7.88. The fraction of sp³-hybridized carbons (Fsp3) is 0.429. The Bertz CT molecular complexity index is 283. The molecule has 0 amide bonds. The number of anilines is 1. The molecule has 1 aliphatic carbocycles. The molecule has 58 valence electrons. The van der Waals surface area contributed by atoms with Crippen molar-refractivity contribution in [2.45, 2.75) is 18.8 Å². The largest absolute Gasteiger partial charge is 0.382 e. The zero-order chi connectivity index (χ0) is 7.84. The topological polar surface area (TPSA) is 51.8 Å². The number of hydrogen-bond acceptors (Lipinski definition) is 3. The molecule has 0 saturated heterocycles. The van der Waals surface area contributed by atoms with Crippen LogP contribution in [0.2, 0.25) is 5.15 Å². The average Bonchev–Trinajstić information content (AvgIpc) is 2.76. The third-order valence-corrected chi connectivity index (χ3v) is 2.11. The predicted octanol–water partition coefficient (Wildman–Crippen LogP) is 1.59. The van der Waals surface area contributed by atoms with Crippen molar-refractivity contribution in [1.82, 2.24) is 10.2 Å². The van der Waals surface area contributed by atoms with Crippen LogP contribution in [-0.2, 0) is 0 Å². The summed E-state index contributed by atoms with van der Waals surface area (Å²) in [4.78, 5) is 0. The number of halogens is 1. The Morgan fingerprint density at radius 2 is 2.18 bits per heavy atom. The Morgan fingerprint density at radius 3 is 2.82 bits per heavy atom. The first-order chi connectivity index (χ1) is 5.27. The molecule has 1 fully saturated rings. The fourth-order valence-electron chi connectivity index (χ4n) is 1.09. The van der Waals surface area contributed by atoms with Crippen molar-refractivity contribution < 1.29 is 0 Å². The lowest BCUT2D eigenvalue weighted by atomic mass is 10.2. The van der Waals surface area contributed by atoms with E-state index in [1.54, 1.807) is 0 Å². The van der Waals surface area contributed by atoms with Crippen molar-refractivity contribution in [3.05, 3.63) is 16.8 Å². The van der Waals surface area contributed by atoms with Gasteiger partial charge >= 0.3 is 0 Å². The van der Waals surface area contributed by atoms with Crippen LogP contribution in [0.1, 0.15) is 24.3 Å². The lowest BCUT2D eigenvalue weighted by Crippen LogP contribution is -1.96. The lowest BCUT2D eigenvalue weighted by Gasteiger charge is -1.99. The van der Waals surface area contributed by atoms with E-state index >= 15 is 0 Å². The monoisotopic (exact) mass is 169 g/mol. The lowest BCUT2D eigenvalue weighted by molar-refractivity contribution is 0.988. The van der Waals surface area contributed by atoms with E-state index in [-0.39, 0.29) is 0 Å². The molecule has 0 spiro atoms. The molecule has 0 radical (unpaired) electrons. The number of nitrogens with zero attached hydrogens (tertiary/aromatic N) is 2. The van der Waals surface area contributed by atoms with Crippen LogP contribution in [0.4, 0.5) is 5.82 Å². The molecule has 4 heteroatoms. The molecule has 1 aromatic heterocycles. The molecule has 1 aromatic rings. The van der Waals surface area contributed by atoms with Crippen molar-refractivity contribution in [3.63, 3.8) is 0 Å². The minimum Gasteiger partial charge on any atom is -0.382 e. The minimum atomic E-state index is 0.455. The van der Waals surface area contributed by atoms with E-state index in [9.17, 15) is 0 Å². The van der Waals surface area contributed by atoms with Gasteiger partial charge in [-0.2, -0.15) is 0 Å². The van der Waals surface area contributed by atoms with Gasteiger partial charge in [0.25, 0.3) is 0 Å².